The molecule has 0 atom stereocenters. The summed E-state index contributed by atoms with van der Waals surface area (Å²) < 4.78 is 0. The third-order valence-electron chi connectivity index (χ3n) is 3.31. The normalized spacial score (nSPS) is 18.2. The van der Waals surface area contributed by atoms with Gasteiger partial charge >= 0.3 is 0 Å². The van der Waals surface area contributed by atoms with E-state index in [1.54, 1.807) is 0 Å². The van der Waals surface area contributed by atoms with Crippen molar-refractivity contribution in [3.05, 3.63) is 0 Å². The van der Waals surface area contributed by atoms with Crippen molar-refractivity contribution in [3.63, 3.8) is 0 Å². The van der Waals surface area contributed by atoms with Crippen molar-refractivity contribution in [3.8, 4) is 0 Å². The summed E-state index contributed by atoms with van der Waals surface area (Å²) in [6.45, 7) is 8.15. The van der Waals surface area contributed by atoms with Crippen molar-refractivity contribution in [1.29, 1.82) is 0 Å². The van der Waals surface area contributed by atoms with Crippen molar-refractivity contribution in [2.45, 2.75) is 52.0 Å². The molecule has 0 aromatic carbocycles. The van der Waals surface area contributed by atoms with Crippen LogP contribution in [0.25, 0.3) is 0 Å². The highest BCUT2D eigenvalue weighted by molar-refractivity contribution is 4.70. The van der Waals surface area contributed by atoms with Gasteiger partial charge in [-0.05, 0) is 45.3 Å². The Morgan fingerprint density at radius 2 is 1.93 bits per heavy atom. The summed E-state index contributed by atoms with van der Waals surface area (Å²) in [6, 6.07) is 0.630. The summed E-state index contributed by atoms with van der Waals surface area (Å²) in [5.41, 5.74) is 0. The van der Waals surface area contributed by atoms with E-state index in [1.165, 1.54) is 45.2 Å². The maximum absolute atomic E-state index is 3.47. The Hall–Kier alpha value is -0.0800. The fourth-order valence-electron chi connectivity index (χ4n) is 2.46. The molecule has 1 aliphatic rings. The third kappa shape index (κ3) is 6.16. The van der Waals surface area contributed by atoms with Crippen LogP contribution in [0.4, 0.5) is 0 Å². The van der Waals surface area contributed by atoms with Gasteiger partial charge in [-0.3, -0.25) is 0 Å². The second-order valence-electron chi connectivity index (χ2n) is 5.38. The average molecular weight is 212 g/mol. The van der Waals surface area contributed by atoms with Gasteiger partial charge in [0.2, 0.25) is 0 Å². The minimum Gasteiger partial charge on any atom is -0.314 e. The molecule has 0 aromatic heterocycles. The molecule has 0 unspecified atom stereocenters. The third-order valence-corrected chi connectivity index (χ3v) is 3.31. The second kappa shape index (κ2) is 7.24. The summed E-state index contributed by atoms with van der Waals surface area (Å²) in [6.07, 6.45) is 7.14. The van der Waals surface area contributed by atoms with Crippen molar-refractivity contribution < 1.29 is 0 Å². The standard InChI is InChI=1S/C13H28N2/c1-12(2)14-9-6-10-15(3)11-13-7-4-5-8-13/h12-14H,4-11H2,1-3H3. The molecule has 1 rings (SSSR count). The molecule has 90 valence electrons. The van der Waals surface area contributed by atoms with E-state index in [9.17, 15) is 0 Å². The lowest BCUT2D eigenvalue weighted by molar-refractivity contribution is 0.273. The van der Waals surface area contributed by atoms with Gasteiger partial charge in [-0.25, -0.2) is 0 Å². The van der Waals surface area contributed by atoms with E-state index in [2.05, 4.69) is 31.1 Å². The Bertz CT molecular complexity index is 151. The minimum absolute atomic E-state index is 0.630. The first-order chi connectivity index (χ1) is 7.18. The Morgan fingerprint density at radius 3 is 2.53 bits per heavy atom. The van der Waals surface area contributed by atoms with E-state index < -0.39 is 0 Å². The lowest BCUT2D eigenvalue weighted by atomic mass is 10.1. The molecule has 1 fully saturated rings. The second-order valence-corrected chi connectivity index (χ2v) is 5.38. The molecular weight excluding hydrogens is 184 g/mol. The lowest BCUT2D eigenvalue weighted by Gasteiger charge is -2.20. The van der Waals surface area contributed by atoms with Crippen LogP contribution in [-0.4, -0.2) is 37.6 Å². The Morgan fingerprint density at radius 1 is 1.27 bits per heavy atom. The number of nitrogens with one attached hydrogen (secondary N) is 1. The largest absolute Gasteiger partial charge is 0.314 e. The zero-order valence-electron chi connectivity index (χ0n) is 10.8. The van der Waals surface area contributed by atoms with Gasteiger partial charge in [-0.1, -0.05) is 26.7 Å². The van der Waals surface area contributed by atoms with Crippen LogP contribution in [0.1, 0.15) is 46.0 Å². The molecule has 2 nitrogen and oxygen atoms in total. The fourth-order valence-corrected chi connectivity index (χ4v) is 2.46. The molecule has 0 heterocycles. The summed E-state index contributed by atoms with van der Waals surface area (Å²) in [4.78, 5) is 2.51. The van der Waals surface area contributed by atoms with Gasteiger partial charge in [0.15, 0.2) is 0 Å². The fraction of sp³-hybridized carbons (Fsp3) is 1.00. The Balaban J connectivity index is 1.95. The van der Waals surface area contributed by atoms with Crippen molar-refractivity contribution in [2.75, 3.05) is 26.7 Å². The summed E-state index contributed by atoms with van der Waals surface area (Å²) in [5.74, 6) is 0.994. The summed E-state index contributed by atoms with van der Waals surface area (Å²) in [5, 5.41) is 3.47. The van der Waals surface area contributed by atoms with Crippen LogP contribution in [0, 0.1) is 5.92 Å². The van der Waals surface area contributed by atoms with Gasteiger partial charge in [0.1, 0.15) is 0 Å². The first kappa shape index (κ1) is 13.0. The lowest BCUT2D eigenvalue weighted by Crippen LogP contribution is -2.30. The molecular formula is C13H28N2. The van der Waals surface area contributed by atoms with Crippen LogP contribution in [0.3, 0.4) is 0 Å². The molecule has 1 aliphatic carbocycles. The van der Waals surface area contributed by atoms with Crippen LogP contribution in [0.5, 0.6) is 0 Å². The van der Waals surface area contributed by atoms with Gasteiger partial charge in [0, 0.05) is 12.6 Å². The molecule has 15 heavy (non-hydrogen) atoms. The van der Waals surface area contributed by atoms with Gasteiger partial charge < -0.3 is 10.2 Å². The first-order valence-electron chi connectivity index (χ1n) is 6.60. The van der Waals surface area contributed by atoms with Crippen molar-refractivity contribution in [2.24, 2.45) is 5.92 Å². The highest BCUT2D eigenvalue weighted by atomic mass is 15.1. The van der Waals surface area contributed by atoms with E-state index in [0.29, 0.717) is 6.04 Å². The zero-order chi connectivity index (χ0) is 11.1. The van der Waals surface area contributed by atoms with Gasteiger partial charge in [0.25, 0.3) is 0 Å². The van der Waals surface area contributed by atoms with Crippen molar-refractivity contribution >= 4 is 0 Å². The first-order valence-corrected chi connectivity index (χ1v) is 6.60. The SMILES string of the molecule is CC(C)NCCCN(C)CC1CCCC1. The minimum atomic E-state index is 0.630. The smallest absolute Gasteiger partial charge is 0.00103 e. The van der Waals surface area contributed by atoms with Gasteiger partial charge in [-0.15, -0.1) is 0 Å². The van der Waals surface area contributed by atoms with Crippen LogP contribution >= 0.6 is 0 Å². The molecule has 0 radical (unpaired) electrons. The predicted molar refractivity (Wildman–Crippen MR) is 67.2 cm³/mol. The summed E-state index contributed by atoms with van der Waals surface area (Å²) in [7, 11) is 2.27. The zero-order valence-corrected chi connectivity index (χ0v) is 10.8. The molecule has 0 aliphatic heterocycles. The highest BCUT2D eigenvalue weighted by Gasteiger charge is 2.16. The van der Waals surface area contributed by atoms with E-state index >= 15 is 0 Å². The van der Waals surface area contributed by atoms with Crippen LogP contribution < -0.4 is 5.32 Å². The molecule has 0 aromatic rings. The van der Waals surface area contributed by atoms with Crippen LogP contribution in [-0.2, 0) is 0 Å². The Labute approximate surface area is 95.4 Å². The number of hydrogen-bond donors (Lipinski definition) is 1. The van der Waals surface area contributed by atoms with Gasteiger partial charge in [0.05, 0.1) is 0 Å². The van der Waals surface area contributed by atoms with E-state index in [0.717, 1.165) is 12.5 Å². The maximum Gasteiger partial charge on any atom is 0.00103 e. The summed E-state index contributed by atoms with van der Waals surface area (Å²) >= 11 is 0. The maximum atomic E-state index is 3.47. The number of rotatable bonds is 7. The highest BCUT2D eigenvalue weighted by Crippen LogP contribution is 2.24. The quantitative estimate of drug-likeness (QED) is 0.652. The molecule has 0 spiro atoms. The molecule has 0 bridgehead atoms. The Kier molecular flexibility index (Phi) is 6.26. The van der Waals surface area contributed by atoms with Crippen LogP contribution in [0.2, 0.25) is 0 Å². The van der Waals surface area contributed by atoms with Gasteiger partial charge in [-0.2, -0.15) is 0 Å². The molecule has 2 heteroatoms. The van der Waals surface area contributed by atoms with Crippen LogP contribution in [0.15, 0.2) is 0 Å². The van der Waals surface area contributed by atoms with E-state index in [1.807, 2.05) is 0 Å². The monoisotopic (exact) mass is 212 g/mol. The number of nitrogens with zero attached hydrogens (tertiary/aromatic N) is 1. The predicted octanol–water partition coefficient (Wildman–Crippen LogP) is 2.50. The van der Waals surface area contributed by atoms with E-state index in [-0.39, 0.29) is 0 Å². The van der Waals surface area contributed by atoms with E-state index in [4.69, 9.17) is 0 Å². The molecule has 1 saturated carbocycles. The molecule has 0 amide bonds. The topological polar surface area (TPSA) is 15.3 Å². The number of hydrogen-bond acceptors (Lipinski definition) is 2. The average Bonchev–Trinajstić information content (AvgIpc) is 2.64. The molecule has 1 N–H and O–H groups in total. The molecule has 0 saturated heterocycles. The van der Waals surface area contributed by atoms with Crippen molar-refractivity contribution in [1.82, 2.24) is 10.2 Å².